The van der Waals surface area contributed by atoms with E-state index in [1.807, 2.05) is 6.92 Å². The number of halogens is 3. The number of nitrogens with one attached hydrogen (secondary N) is 2. The van der Waals surface area contributed by atoms with Crippen LogP contribution in [0.25, 0.3) is 0 Å². The Hall–Kier alpha value is -1.47. The van der Waals surface area contributed by atoms with Crippen LogP contribution in [0.5, 0.6) is 0 Å². The highest BCUT2D eigenvalue weighted by Crippen LogP contribution is 2.20. The van der Waals surface area contributed by atoms with E-state index in [-0.39, 0.29) is 13.0 Å². The molecule has 0 spiro atoms. The summed E-state index contributed by atoms with van der Waals surface area (Å²) in [4.78, 5) is 22.1. The fraction of sp³-hybridized carbons (Fsp3) is 0.818. The summed E-state index contributed by atoms with van der Waals surface area (Å²) >= 11 is 0. The predicted octanol–water partition coefficient (Wildman–Crippen LogP) is 2.27. The van der Waals surface area contributed by atoms with Crippen LogP contribution in [0.2, 0.25) is 0 Å². The number of carboxylic acids is 1. The smallest absolute Gasteiger partial charge is 0.389 e. The van der Waals surface area contributed by atoms with E-state index in [4.69, 9.17) is 5.11 Å². The van der Waals surface area contributed by atoms with Gasteiger partial charge in [0, 0.05) is 13.0 Å². The van der Waals surface area contributed by atoms with Crippen LogP contribution in [-0.2, 0) is 4.79 Å². The minimum absolute atomic E-state index is 0.147. The molecule has 8 heteroatoms. The van der Waals surface area contributed by atoms with E-state index in [1.54, 1.807) is 0 Å². The Morgan fingerprint density at radius 3 is 2.37 bits per heavy atom. The minimum Gasteiger partial charge on any atom is -0.480 e. The topological polar surface area (TPSA) is 78.4 Å². The van der Waals surface area contributed by atoms with Crippen molar-refractivity contribution in [1.82, 2.24) is 10.6 Å². The van der Waals surface area contributed by atoms with Crippen LogP contribution in [0.4, 0.5) is 18.0 Å². The van der Waals surface area contributed by atoms with E-state index >= 15 is 0 Å². The third-order valence-corrected chi connectivity index (χ3v) is 2.37. The lowest BCUT2D eigenvalue weighted by molar-refractivity contribution is -0.139. The number of carbonyl (C=O) groups is 2. The Kier molecular flexibility index (Phi) is 7.94. The molecule has 3 N–H and O–H groups in total. The van der Waals surface area contributed by atoms with Gasteiger partial charge in [0.05, 0.1) is 0 Å². The van der Waals surface area contributed by atoms with Gasteiger partial charge in [0.1, 0.15) is 6.04 Å². The highest BCUT2D eigenvalue weighted by Gasteiger charge is 2.26. The molecule has 1 atom stereocenters. The van der Waals surface area contributed by atoms with Gasteiger partial charge in [-0.2, -0.15) is 13.2 Å². The Morgan fingerprint density at radius 1 is 1.26 bits per heavy atom. The zero-order valence-electron chi connectivity index (χ0n) is 10.7. The van der Waals surface area contributed by atoms with Crippen LogP contribution in [0, 0.1) is 0 Å². The van der Waals surface area contributed by atoms with Crippen LogP contribution in [0.1, 0.15) is 39.0 Å². The molecular weight excluding hydrogens is 265 g/mol. The molecule has 112 valence electrons. The van der Waals surface area contributed by atoms with Gasteiger partial charge in [0.2, 0.25) is 0 Å². The van der Waals surface area contributed by atoms with Crippen molar-refractivity contribution in [3.63, 3.8) is 0 Å². The number of amides is 2. The van der Waals surface area contributed by atoms with Crippen molar-refractivity contribution in [3.8, 4) is 0 Å². The second-order valence-electron chi connectivity index (χ2n) is 4.15. The van der Waals surface area contributed by atoms with Gasteiger partial charge < -0.3 is 15.7 Å². The minimum atomic E-state index is -4.25. The molecule has 5 nitrogen and oxygen atoms in total. The van der Waals surface area contributed by atoms with Gasteiger partial charge in [-0.05, 0) is 12.8 Å². The zero-order valence-corrected chi connectivity index (χ0v) is 10.7. The molecule has 1 unspecified atom stereocenters. The quantitative estimate of drug-likeness (QED) is 0.598. The Labute approximate surface area is 109 Å². The number of carbonyl (C=O) groups excluding carboxylic acids is 1. The summed E-state index contributed by atoms with van der Waals surface area (Å²) in [6.07, 6.45) is -3.73. The van der Waals surface area contributed by atoms with E-state index in [0.717, 1.165) is 6.42 Å². The highest BCUT2D eigenvalue weighted by atomic mass is 19.4. The fourth-order valence-corrected chi connectivity index (χ4v) is 1.37. The molecule has 0 aromatic heterocycles. The summed E-state index contributed by atoms with van der Waals surface area (Å²) in [5, 5.41) is 13.3. The molecule has 19 heavy (non-hydrogen) atoms. The molecule has 2 amide bonds. The maximum Gasteiger partial charge on any atom is 0.389 e. The third-order valence-electron chi connectivity index (χ3n) is 2.37. The van der Waals surface area contributed by atoms with Gasteiger partial charge in [0.25, 0.3) is 0 Å². The average molecular weight is 284 g/mol. The number of alkyl halides is 3. The second-order valence-corrected chi connectivity index (χ2v) is 4.15. The van der Waals surface area contributed by atoms with Crippen molar-refractivity contribution in [3.05, 3.63) is 0 Å². The fourth-order valence-electron chi connectivity index (χ4n) is 1.37. The summed E-state index contributed by atoms with van der Waals surface area (Å²) in [5.41, 5.74) is 0. The van der Waals surface area contributed by atoms with Gasteiger partial charge >= 0.3 is 18.2 Å². The molecule has 0 aliphatic heterocycles. The van der Waals surface area contributed by atoms with Crippen molar-refractivity contribution in [2.24, 2.45) is 0 Å². The first-order chi connectivity index (χ1) is 8.76. The van der Waals surface area contributed by atoms with E-state index in [2.05, 4.69) is 10.6 Å². The number of unbranched alkanes of at least 4 members (excludes halogenated alkanes) is 1. The van der Waals surface area contributed by atoms with Crippen molar-refractivity contribution >= 4 is 12.0 Å². The van der Waals surface area contributed by atoms with Gasteiger partial charge in [-0.15, -0.1) is 0 Å². The van der Waals surface area contributed by atoms with Gasteiger partial charge in [0.15, 0.2) is 0 Å². The first-order valence-corrected chi connectivity index (χ1v) is 6.10. The second kappa shape index (κ2) is 8.60. The monoisotopic (exact) mass is 284 g/mol. The molecule has 0 saturated carbocycles. The zero-order chi connectivity index (χ0) is 14.9. The normalized spacial score (nSPS) is 12.8. The lowest BCUT2D eigenvalue weighted by Gasteiger charge is -2.15. The lowest BCUT2D eigenvalue weighted by Crippen LogP contribution is -2.46. The van der Waals surface area contributed by atoms with Crippen LogP contribution in [0.15, 0.2) is 0 Å². The van der Waals surface area contributed by atoms with Crippen molar-refractivity contribution in [2.45, 2.75) is 51.2 Å². The maximum absolute atomic E-state index is 11.8. The van der Waals surface area contributed by atoms with Crippen molar-refractivity contribution in [1.29, 1.82) is 0 Å². The van der Waals surface area contributed by atoms with Gasteiger partial charge in [-0.1, -0.05) is 19.8 Å². The molecule has 0 bridgehead atoms. The summed E-state index contributed by atoms with van der Waals surface area (Å²) < 4.78 is 35.5. The van der Waals surface area contributed by atoms with E-state index in [0.29, 0.717) is 12.8 Å². The lowest BCUT2D eigenvalue weighted by atomic mass is 10.1. The summed E-state index contributed by atoms with van der Waals surface area (Å²) in [7, 11) is 0. The van der Waals surface area contributed by atoms with E-state index in [9.17, 15) is 22.8 Å². The molecule has 0 fully saturated rings. The van der Waals surface area contributed by atoms with E-state index < -0.39 is 30.6 Å². The molecule has 0 aromatic rings. The number of urea groups is 1. The van der Waals surface area contributed by atoms with Gasteiger partial charge in [-0.25, -0.2) is 9.59 Å². The standard InChI is InChI=1S/C11H19F3N2O3/c1-2-3-5-8(9(17)18)16-10(19)15-7-4-6-11(12,13)14/h8H,2-7H2,1H3,(H,17,18)(H2,15,16,19). The molecule has 0 aromatic carbocycles. The number of rotatable bonds is 8. The number of hydrogen-bond acceptors (Lipinski definition) is 2. The first-order valence-electron chi connectivity index (χ1n) is 6.10. The maximum atomic E-state index is 11.8. The van der Waals surface area contributed by atoms with Crippen LogP contribution in [-0.4, -0.2) is 35.9 Å². The van der Waals surface area contributed by atoms with Crippen molar-refractivity contribution in [2.75, 3.05) is 6.54 Å². The molecule has 0 saturated heterocycles. The number of carboxylic acid groups (broad SMARTS) is 1. The van der Waals surface area contributed by atoms with Gasteiger partial charge in [-0.3, -0.25) is 0 Å². The molecule has 0 aliphatic rings. The average Bonchev–Trinajstić information content (AvgIpc) is 2.28. The highest BCUT2D eigenvalue weighted by molar-refractivity contribution is 5.82. The SMILES string of the molecule is CCCCC(NC(=O)NCCCC(F)(F)F)C(=O)O. The molecule has 0 aliphatic carbocycles. The van der Waals surface area contributed by atoms with E-state index in [1.165, 1.54) is 0 Å². The summed E-state index contributed by atoms with van der Waals surface area (Å²) in [6.45, 7) is 1.74. The molecule has 0 heterocycles. The van der Waals surface area contributed by atoms with Crippen LogP contribution >= 0.6 is 0 Å². The molecule has 0 rings (SSSR count). The molecular formula is C11H19F3N2O3. The summed E-state index contributed by atoms with van der Waals surface area (Å²) in [5.74, 6) is -1.15. The van der Waals surface area contributed by atoms with Crippen molar-refractivity contribution < 1.29 is 27.9 Å². The molecule has 0 radical (unpaired) electrons. The van der Waals surface area contributed by atoms with Crippen LogP contribution in [0.3, 0.4) is 0 Å². The Bertz CT molecular complexity index is 295. The number of hydrogen-bond donors (Lipinski definition) is 3. The predicted molar refractivity (Wildman–Crippen MR) is 62.8 cm³/mol. The first kappa shape index (κ1) is 17.5. The number of aliphatic carboxylic acids is 1. The summed E-state index contributed by atoms with van der Waals surface area (Å²) in [6, 6.07) is -1.77. The Morgan fingerprint density at radius 2 is 1.89 bits per heavy atom. The largest absolute Gasteiger partial charge is 0.480 e. The Balaban J connectivity index is 3.90. The third kappa shape index (κ3) is 10.2. The van der Waals surface area contributed by atoms with Crippen LogP contribution < -0.4 is 10.6 Å².